The van der Waals surface area contributed by atoms with E-state index in [1.54, 1.807) is 6.07 Å². The number of nitrogens with two attached hydrogens (primary N) is 1. The molecule has 2 rings (SSSR count). The average molecular weight is 258 g/mol. The summed E-state index contributed by atoms with van der Waals surface area (Å²) in [6, 6.07) is 2.89. The molecule has 3 nitrogen and oxygen atoms in total. The molecule has 0 spiro atoms. The summed E-state index contributed by atoms with van der Waals surface area (Å²) in [5, 5.41) is 0. The highest BCUT2D eigenvalue weighted by atomic mass is 19.4. The number of fused-ring (bicyclic) bond motifs is 1. The summed E-state index contributed by atoms with van der Waals surface area (Å²) in [5.41, 5.74) is 5.09. The topological polar surface area (TPSA) is 46.3 Å². The molecule has 0 saturated carbocycles. The molecule has 1 aromatic rings. The van der Waals surface area contributed by atoms with Crippen LogP contribution in [0.4, 0.5) is 18.9 Å². The lowest BCUT2D eigenvalue weighted by Crippen LogP contribution is -2.35. The maximum atomic E-state index is 13.0. The monoisotopic (exact) mass is 258 g/mol. The van der Waals surface area contributed by atoms with Crippen LogP contribution in [0, 0.1) is 0 Å². The molecule has 98 valence electrons. The molecule has 1 amide bonds. The summed E-state index contributed by atoms with van der Waals surface area (Å²) in [5.74, 6) is -0.226. The Morgan fingerprint density at radius 1 is 1.39 bits per heavy atom. The predicted octanol–water partition coefficient (Wildman–Crippen LogP) is 2.19. The van der Waals surface area contributed by atoms with Crippen molar-refractivity contribution in [1.29, 1.82) is 0 Å². The fourth-order valence-electron chi connectivity index (χ4n) is 2.25. The minimum atomic E-state index is -4.49. The maximum absolute atomic E-state index is 13.0. The van der Waals surface area contributed by atoms with Gasteiger partial charge in [-0.3, -0.25) is 4.79 Å². The number of alkyl halides is 3. The molecule has 0 atom stereocenters. The molecule has 0 aromatic heterocycles. The number of carbonyl (C=O) groups excluding carboxylic acids is 1. The van der Waals surface area contributed by atoms with Crippen molar-refractivity contribution in [3.05, 3.63) is 28.8 Å². The second-order valence-corrected chi connectivity index (χ2v) is 4.36. The van der Waals surface area contributed by atoms with Crippen molar-refractivity contribution in [2.45, 2.75) is 26.1 Å². The zero-order valence-electron chi connectivity index (χ0n) is 9.84. The van der Waals surface area contributed by atoms with Gasteiger partial charge in [0.1, 0.15) is 0 Å². The standard InChI is InChI=1S/C12H13F3N2O/c1-7(18)17-5-4-8-2-3-10(16)11(9(8)6-17)12(13,14)15/h2-3H,4-6,16H2,1H3. The quantitative estimate of drug-likeness (QED) is 0.725. The van der Waals surface area contributed by atoms with Crippen LogP contribution in [0.2, 0.25) is 0 Å². The number of halogens is 3. The second kappa shape index (κ2) is 4.19. The number of nitrogen functional groups attached to an aromatic ring is 1. The Bertz CT molecular complexity index is 497. The third-order valence-corrected chi connectivity index (χ3v) is 3.17. The van der Waals surface area contributed by atoms with E-state index in [1.807, 2.05) is 0 Å². The summed E-state index contributed by atoms with van der Waals surface area (Å²) in [7, 11) is 0. The van der Waals surface area contributed by atoms with E-state index >= 15 is 0 Å². The van der Waals surface area contributed by atoms with Gasteiger partial charge in [-0.25, -0.2) is 0 Å². The molecular weight excluding hydrogens is 245 g/mol. The zero-order chi connectivity index (χ0) is 13.5. The highest BCUT2D eigenvalue weighted by molar-refractivity contribution is 5.74. The molecule has 2 N–H and O–H groups in total. The van der Waals surface area contributed by atoms with Crippen molar-refractivity contribution in [3.63, 3.8) is 0 Å². The lowest BCUT2D eigenvalue weighted by Gasteiger charge is -2.30. The number of benzene rings is 1. The third kappa shape index (κ3) is 2.14. The summed E-state index contributed by atoms with van der Waals surface area (Å²) < 4.78 is 38.9. The predicted molar refractivity (Wildman–Crippen MR) is 60.7 cm³/mol. The van der Waals surface area contributed by atoms with Crippen LogP contribution in [-0.4, -0.2) is 17.4 Å². The maximum Gasteiger partial charge on any atom is 0.418 e. The van der Waals surface area contributed by atoms with Crippen LogP contribution in [-0.2, 0) is 23.9 Å². The third-order valence-electron chi connectivity index (χ3n) is 3.17. The average Bonchev–Trinajstić information content (AvgIpc) is 2.25. The number of hydrogen-bond acceptors (Lipinski definition) is 2. The van der Waals surface area contributed by atoms with Gasteiger partial charge in [0.05, 0.1) is 5.56 Å². The van der Waals surface area contributed by atoms with Gasteiger partial charge in [-0.05, 0) is 23.6 Å². The molecule has 0 radical (unpaired) electrons. The molecule has 1 aromatic carbocycles. The van der Waals surface area contributed by atoms with Gasteiger partial charge in [-0.2, -0.15) is 13.2 Å². The molecule has 6 heteroatoms. The molecular formula is C12H13F3N2O. The fourth-order valence-corrected chi connectivity index (χ4v) is 2.25. The number of carbonyl (C=O) groups is 1. The van der Waals surface area contributed by atoms with Gasteiger partial charge >= 0.3 is 6.18 Å². The van der Waals surface area contributed by atoms with Gasteiger partial charge in [-0.15, -0.1) is 0 Å². The second-order valence-electron chi connectivity index (χ2n) is 4.36. The first kappa shape index (κ1) is 12.7. The lowest BCUT2D eigenvalue weighted by molar-refractivity contribution is -0.139. The summed E-state index contributed by atoms with van der Waals surface area (Å²) in [4.78, 5) is 12.7. The normalized spacial score (nSPS) is 15.4. The van der Waals surface area contributed by atoms with E-state index in [-0.39, 0.29) is 23.7 Å². The smallest absolute Gasteiger partial charge is 0.398 e. The van der Waals surface area contributed by atoms with Crippen LogP contribution < -0.4 is 5.73 Å². The van der Waals surface area contributed by atoms with Crippen molar-refractivity contribution in [2.24, 2.45) is 0 Å². The number of amides is 1. The minimum Gasteiger partial charge on any atom is -0.398 e. The van der Waals surface area contributed by atoms with Gasteiger partial charge in [0, 0.05) is 25.7 Å². The molecule has 0 aliphatic carbocycles. The SMILES string of the molecule is CC(=O)N1CCc2ccc(N)c(C(F)(F)F)c2C1. The van der Waals surface area contributed by atoms with E-state index in [9.17, 15) is 18.0 Å². The van der Waals surface area contributed by atoms with E-state index in [0.29, 0.717) is 18.5 Å². The first-order valence-electron chi connectivity index (χ1n) is 5.53. The molecule has 1 heterocycles. The zero-order valence-corrected chi connectivity index (χ0v) is 9.84. The van der Waals surface area contributed by atoms with Crippen molar-refractivity contribution in [3.8, 4) is 0 Å². The van der Waals surface area contributed by atoms with E-state index in [1.165, 1.54) is 17.9 Å². The van der Waals surface area contributed by atoms with E-state index in [0.717, 1.165) is 0 Å². The summed E-state index contributed by atoms with van der Waals surface area (Å²) in [6.45, 7) is 1.78. The van der Waals surface area contributed by atoms with Crippen LogP contribution in [0.15, 0.2) is 12.1 Å². The number of rotatable bonds is 0. The number of nitrogens with zero attached hydrogens (tertiary/aromatic N) is 1. The van der Waals surface area contributed by atoms with E-state index < -0.39 is 11.7 Å². The summed E-state index contributed by atoms with van der Waals surface area (Å²) in [6.07, 6.45) is -4.06. The fraction of sp³-hybridized carbons (Fsp3) is 0.417. The molecule has 1 aliphatic heterocycles. The lowest BCUT2D eigenvalue weighted by atomic mass is 9.93. The molecule has 0 fully saturated rings. The Morgan fingerprint density at radius 3 is 2.61 bits per heavy atom. The Labute approximate surface area is 102 Å². The largest absolute Gasteiger partial charge is 0.418 e. The highest BCUT2D eigenvalue weighted by Crippen LogP contribution is 2.39. The van der Waals surface area contributed by atoms with Gasteiger partial charge < -0.3 is 10.6 Å². The minimum absolute atomic E-state index is 0.0233. The Balaban J connectivity index is 2.53. The van der Waals surface area contributed by atoms with Crippen LogP contribution in [0.5, 0.6) is 0 Å². The van der Waals surface area contributed by atoms with Gasteiger partial charge in [0.2, 0.25) is 5.91 Å². The Hall–Kier alpha value is -1.72. The molecule has 18 heavy (non-hydrogen) atoms. The van der Waals surface area contributed by atoms with Crippen LogP contribution in [0.25, 0.3) is 0 Å². The number of hydrogen-bond donors (Lipinski definition) is 1. The molecule has 1 aliphatic rings. The molecule has 0 saturated heterocycles. The highest BCUT2D eigenvalue weighted by Gasteiger charge is 2.38. The van der Waals surface area contributed by atoms with Crippen molar-refractivity contribution < 1.29 is 18.0 Å². The Kier molecular flexibility index (Phi) is 2.96. The van der Waals surface area contributed by atoms with E-state index in [2.05, 4.69) is 0 Å². The van der Waals surface area contributed by atoms with Gasteiger partial charge in [0.15, 0.2) is 0 Å². The van der Waals surface area contributed by atoms with Gasteiger partial charge in [0.25, 0.3) is 0 Å². The summed E-state index contributed by atoms with van der Waals surface area (Å²) >= 11 is 0. The number of anilines is 1. The van der Waals surface area contributed by atoms with E-state index in [4.69, 9.17) is 5.73 Å². The first-order valence-corrected chi connectivity index (χ1v) is 5.53. The van der Waals surface area contributed by atoms with Crippen LogP contribution in [0.1, 0.15) is 23.6 Å². The van der Waals surface area contributed by atoms with Crippen LogP contribution in [0.3, 0.4) is 0 Å². The molecule has 0 bridgehead atoms. The van der Waals surface area contributed by atoms with Gasteiger partial charge in [-0.1, -0.05) is 6.07 Å². The van der Waals surface area contributed by atoms with Crippen molar-refractivity contribution >= 4 is 11.6 Å². The van der Waals surface area contributed by atoms with Crippen molar-refractivity contribution in [1.82, 2.24) is 4.90 Å². The molecule has 0 unspecified atom stereocenters. The first-order chi connectivity index (χ1) is 8.30. The van der Waals surface area contributed by atoms with Crippen LogP contribution >= 0.6 is 0 Å². The Morgan fingerprint density at radius 2 is 2.06 bits per heavy atom. The van der Waals surface area contributed by atoms with Crippen molar-refractivity contribution in [2.75, 3.05) is 12.3 Å².